The van der Waals surface area contributed by atoms with Crippen LogP contribution in [0.3, 0.4) is 0 Å². The molecule has 0 aliphatic carbocycles. The van der Waals surface area contributed by atoms with Gasteiger partial charge in [0.2, 0.25) is 0 Å². The number of carbonyl (C=O) groups excluding carboxylic acids is 1. The van der Waals surface area contributed by atoms with E-state index in [1.54, 1.807) is 12.1 Å². The second-order valence-electron chi connectivity index (χ2n) is 10.0. The highest BCUT2D eigenvalue weighted by molar-refractivity contribution is 7.99. The highest BCUT2D eigenvalue weighted by atomic mass is 32.2. The van der Waals surface area contributed by atoms with E-state index in [2.05, 4.69) is 65.8 Å². The van der Waals surface area contributed by atoms with E-state index in [4.69, 9.17) is 4.74 Å². The number of hydrazone groups is 1. The summed E-state index contributed by atoms with van der Waals surface area (Å²) in [5.41, 5.74) is 7.52. The van der Waals surface area contributed by atoms with Gasteiger partial charge in [-0.15, -0.1) is 10.2 Å². The molecule has 0 saturated heterocycles. The Bertz CT molecular complexity index is 1460. The topological polar surface area (TPSA) is 102 Å². The number of aromatic nitrogens is 3. The number of thioether (sulfide) groups is 1. The van der Waals surface area contributed by atoms with Gasteiger partial charge in [0, 0.05) is 11.3 Å². The first-order valence-electron chi connectivity index (χ1n) is 12.7. The monoisotopic (exact) mass is 543 g/mol. The molecule has 2 N–H and O–H groups in total. The number of rotatable bonds is 9. The number of phenols is 1. The minimum absolute atomic E-state index is 0.0495. The molecule has 0 unspecified atom stereocenters. The summed E-state index contributed by atoms with van der Waals surface area (Å²) < 4.78 is 7.35. The molecule has 8 nitrogen and oxygen atoms in total. The number of aryl methyl sites for hydroxylation is 1. The number of hydrogen-bond donors (Lipinski definition) is 2. The molecule has 3 aromatic carbocycles. The fourth-order valence-electron chi connectivity index (χ4n) is 3.82. The lowest BCUT2D eigenvalue weighted by molar-refractivity contribution is -0.118. The van der Waals surface area contributed by atoms with Gasteiger partial charge in [-0.2, -0.15) is 5.10 Å². The van der Waals surface area contributed by atoms with Crippen molar-refractivity contribution in [2.75, 3.05) is 12.4 Å². The number of nitrogens with zero attached hydrogens (tertiary/aromatic N) is 4. The molecule has 0 atom stereocenters. The third kappa shape index (κ3) is 7.06. The normalized spacial score (nSPS) is 11.6. The van der Waals surface area contributed by atoms with E-state index in [1.807, 2.05) is 42.7 Å². The molecular weight excluding hydrogens is 510 g/mol. The lowest BCUT2D eigenvalue weighted by Gasteiger charge is -2.19. The zero-order valence-corrected chi connectivity index (χ0v) is 23.6. The molecule has 9 heteroatoms. The van der Waals surface area contributed by atoms with E-state index in [0.717, 1.165) is 16.8 Å². The Morgan fingerprint density at radius 1 is 1.08 bits per heavy atom. The van der Waals surface area contributed by atoms with Crippen molar-refractivity contribution >= 4 is 23.9 Å². The lowest BCUT2D eigenvalue weighted by Crippen LogP contribution is -2.20. The second-order valence-corrected chi connectivity index (χ2v) is 11.0. The summed E-state index contributed by atoms with van der Waals surface area (Å²) in [5.74, 6) is 0.941. The number of benzene rings is 3. The van der Waals surface area contributed by atoms with Crippen LogP contribution in [0.25, 0.3) is 17.1 Å². The van der Waals surface area contributed by atoms with E-state index in [1.165, 1.54) is 29.6 Å². The summed E-state index contributed by atoms with van der Waals surface area (Å²) in [7, 11) is 0. The van der Waals surface area contributed by atoms with E-state index in [0.29, 0.717) is 28.9 Å². The molecule has 1 aromatic heterocycles. The van der Waals surface area contributed by atoms with Crippen molar-refractivity contribution in [1.82, 2.24) is 20.2 Å². The number of amides is 1. The van der Waals surface area contributed by atoms with Crippen molar-refractivity contribution in [2.24, 2.45) is 5.10 Å². The van der Waals surface area contributed by atoms with Crippen LogP contribution in [0.15, 0.2) is 77.0 Å². The summed E-state index contributed by atoms with van der Waals surface area (Å²) in [6.07, 6.45) is 1.50. The minimum atomic E-state index is -0.283. The number of nitrogens with one attached hydrogen (secondary N) is 1. The van der Waals surface area contributed by atoms with Crippen LogP contribution in [0.1, 0.15) is 44.4 Å². The molecule has 0 radical (unpaired) electrons. The molecule has 0 bridgehead atoms. The Kier molecular flexibility index (Phi) is 8.71. The SMILES string of the molecule is CCOc1cc(/C=N\NC(=O)CSc2nnc(-c3ccc(C(C)(C)C)cc3)n2-c2ccc(C)cc2)ccc1O. The van der Waals surface area contributed by atoms with Crippen LogP contribution in [0, 0.1) is 6.92 Å². The van der Waals surface area contributed by atoms with Gasteiger partial charge in [0.15, 0.2) is 22.5 Å². The highest BCUT2D eigenvalue weighted by Crippen LogP contribution is 2.30. The zero-order chi connectivity index (χ0) is 28.0. The Morgan fingerprint density at radius 2 is 1.79 bits per heavy atom. The molecule has 0 aliphatic rings. The maximum Gasteiger partial charge on any atom is 0.250 e. The summed E-state index contributed by atoms with van der Waals surface area (Å²) in [4.78, 5) is 12.6. The third-order valence-corrected chi connectivity index (χ3v) is 6.88. The molecule has 4 aromatic rings. The lowest BCUT2D eigenvalue weighted by atomic mass is 9.87. The average Bonchev–Trinajstić information content (AvgIpc) is 3.33. The van der Waals surface area contributed by atoms with Crippen LogP contribution in [-0.2, 0) is 10.2 Å². The predicted octanol–water partition coefficient (Wildman–Crippen LogP) is 5.89. The molecule has 202 valence electrons. The van der Waals surface area contributed by atoms with E-state index in [-0.39, 0.29) is 22.8 Å². The van der Waals surface area contributed by atoms with Gasteiger partial charge in [0.25, 0.3) is 5.91 Å². The van der Waals surface area contributed by atoms with Gasteiger partial charge in [0.05, 0.1) is 18.6 Å². The molecule has 0 saturated carbocycles. The smallest absolute Gasteiger partial charge is 0.250 e. The standard InChI is InChI=1S/C30H33N5O3S/c1-6-38-26-17-21(9-16-25(26)36)18-31-32-27(37)19-39-29-34-33-28(35(29)24-14-7-20(2)8-15-24)22-10-12-23(13-11-22)30(3,4)5/h7-18,36H,6,19H2,1-5H3,(H,32,37)/b31-18-. The number of phenolic OH excluding ortho intramolecular Hbond substituents is 1. The van der Waals surface area contributed by atoms with Gasteiger partial charge in [0.1, 0.15) is 0 Å². The molecule has 1 heterocycles. The highest BCUT2D eigenvalue weighted by Gasteiger charge is 2.19. The Morgan fingerprint density at radius 3 is 2.46 bits per heavy atom. The van der Waals surface area contributed by atoms with Crippen LogP contribution >= 0.6 is 11.8 Å². The first-order valence-corrected chi connectivity index (χ1v) is 13.7. The van der Waals surface area contributed by atoms with Crippen LogP contribution in [0.2, 0.25) is 0 Å². The maximum atomic E-state index is 12.6. The van der Waals surface area contributed by atoms with Gasteiger partial charge in [-0.25, -0.2) is 5.43 Å². The van der Waals surface area contributed by atoms with Gasteiger partial charge >= 0.3 is 0 Å². The summed E-state index contributed by atoms with van der Waals surface area (Å²) in [5, 5.41) is 23.4. The fourth-order valence-corrected chi connectivity index (χ4v) is 4.56. The van der Waals surface area contributed by atoms with E-state index in [9.17, 15) is 9.90 Å². The molecular formula is C30H33N5O3S. The van der Waals surface area contributed by atoms with Crippen molar-refractivity contribution in [1.29, 1.82) is 0 Å². The minimum Gasteiger partial charge on any atom is -0.504 e. The Balaban J connectivity index is 1.50. The largest absolute Gasteiger partial charge is 0.504 e. The van der Waals surface area contributed by atoms with E-state index >= 15 is 0 Å². The quantitative estimate of drug-likeness (QED) is 0.155. The van der Waals surface area contributed by atoms with Gasteiger partial charge in [-0.3, -0.25) is 9.36 Å². The molecule has 0 fully saturated rings. The summed E-state index contributed by atoms with van der Waals surface area (Å²) >= 11 is 1.28. The Labute approximate surface area is 233 Å². The van der Waals surface area contributed by atoms with Gasteiger partial charge in [-0.05, 0) is 60.7 Å². The summed E-state index contributed by atoms with van der Waals surface area (Å²) in [6, 6.07) is 21.3. The molecule has 1 amide bonds. The van der Waals surface area contributed by atoms with Crippen LogP contribution in [0.4, 0.5) is 0 Å². The van der Waals surface area contributed by atoms with Crippen LogP contribution < -0.4 is 10.2 Å². The maximum absolute atomic E-state index is 12.6. The fraction of sp³-hybridized carbons (Fsp3) is 0.267. The summed E-state index contributed by atoms with van der Waals surface area (Å²) in [6.45, 7) is 10.9. The van der Waals surface area contributed by atoms with Crippen molar-refractivity contribution < 1.29 is 14.6 Å². The average molecular weight is 544 g/mol. The molecule has 0 spiro atoms. The van der Waals surface area contributed by atoms with Crippen molar-refractivity contribution in [3.63, 3.8) is 0 Å². The van der Waals surface area contributed by atoms with Crippen LogP contribution in [0.5, 0.6) is 11.5 Å². The van der Waals surface area contributed by atoms with Crippen molar-refractivity contribution in [2.45, 2.75) is 45.2 Å². The van der Waals surface area contributed by atoms with Crippen LogP contribution in [-0.4, -0.2) is 44.4 Å². The Hall–Kier alpha value is -4.11. The van der Waals surface area contributed by atoms with Gasteiger partial charge in [-0.1, -0.05) is 74.5 Å². The number of carbonyl (C=O) groups is 1. The second kappa shape index (κ2) is 12.2. The number of aromatic hydroxyl groups is 1. The van der Waals surface area contributed by atoms with E-state index < -0.39 is 0 Å². The number of hydrogen-bond acceptors (Lipinski definition) is 7. The van der Waals surface area contributed by atoms with Crippen molar-refractivity contribution in [3.05, 3.63) is 83.4 Å². The molecule has 4 rings (SSSR count). The first-order chi connectivity index (χ1) is 18.7. The number of ether oxygens (including phenoxy) is 1. The van der Waals surface area contributed by atoms with Crippen molar-refractivity contribution in [3.8, 4) is 28.6 Å². The third-order valence-electron chi connectivity index (χ3n) is 5.95. The first kappa shape index (κ1) is 27.9. The zero-order valence-electron chi connectivity index (χ0n) is 22.8. The predicted molar refractivity (Wildman–Crippen MR) is 156 cm³/mol. The molecule has 39 heavy (non-hydrogen) atoms. The van der Waals surface area contributed by atoms with Gasteiger partial charge < -0.3 is 9.84 Å². The molecule has 0 aliphatic heterocycles.